The van der Waals surface area contributed by atoms with Crippen LogP contribution in [-0.2, 0) is 0 Å². The molecule has 5 heteroatoms. The lowest BCUT2D eigenvalue weighted by Gasteiger charge is -2.08. The van der Waals surface area contributed by atoms with Crippen molar-refractivity contribution in [1.29, 1.82) is 0 Å². The predicted octanol–water partition coefficient (Wildman–Crippen LogP) is 1.20. The predicted molar refractivity (Wildman–Crippen MR) is 66.6 cm³/mol. The third-order valence-corrected chi connectivity index (χ3v) is 3.45. The monoisotopic (exact) mass is 241 g/mol. The quantitative estimate of drug-likeness (QED) is 0.599. The van der Waals surface area contributed by atoms with Crippen LogP contribution in [0.3, 0.4) is 0 Å². The second-order valence-electron chi connectivity index (χ2n) is 3.88. The summed E-state index contributed by atoms with van der Waals surface area (Å²) >= 11 is 1.59. The lowest BCUT2D eigenvalue weighted by Crippen LogP contribution is -2.24. The molecular weight excluding hydrogens is 222 g/mol. The van der Waals surface area contributed by atoms with Crippen molar-refractivity contribution in [3.05, 3.63) is 17.0 Å². The molecule has 1 heterocycles. The maximum Gasteiger partial charge on any atom is 0.187 e. The first-order valence-electron chi connectivity index (χ1n) is 5.35. The average Bonchev–Trinajstić information content (AvgIpc) is 2.25. The van der Waals surface area contributed by atoms with E-state index in [1.54, 1.807) is 11.8 Å². The summed E-state index contributed by atoms with van der Waals surface area (Å²) in [6, 6.07) is -0.139. The van der Waals surface area contributed by atoms with Gasteiger partial charge in [0.25, 0.3) is 0 Å². The molecule has 0 bridgehead atoms. The Bertz CT molecular complexity index is 334. The normalized spacial score (nSPS) is 12.8. The zero-order valence-electron chi connectivity index (χ0n) is 10.0. The van der Waals surface area contributed by atoms with Crippen molar-refractivity contribution < 1.29 is 5.11 Å². The van der Waals surface area contributed by atoms with Crippen LogP contribution < -0.4 is 5.73 Å². The van der Waals surface area contributed by atoms with Gasteiger partial charge in [-0.05, 0) is 32.8 Å². The highest BCUT2D eigenvalue weighted by Crippen LogP contribution is 2.17. The molecule has 1 aromatic rings. The van der Waals surface area contributed by atoms with E-state index in [9.17, 15) is 0 Å². The first-order chi connectivity index (χ1) is 7.54. The lowest BCUT2D eigenvalue weighted by molar-refractivity contribution is 0.264. The summed E-state index contributed by atoms with van der Waals surface area (Å²) in [5.41, 5.74) is 8.82. The molecule has 1 rings (SSSR count). The van der Waals surface area contributed by atoms with E-state index in [0.717, 1.165) is 34.3 Å². The molecule has 0 aromatic carbocycles. The summed E-state index contributed by atoms with van der Waals surface area (Å²) in [6.45, 7) is 6.05. The molecule has 0 radical (unpaired) electrons. The minimum absolute atomic E-state index is 0.0351. The molecule has 0 saturated carbocycles. The molecule has 4 nitrogen and oxygen atoms in total. The van der Waals surface area contributed by atoms with Crippen LogP contribution in [0.25, 0.3) is 0 Å². The summed E-state index contributed by atoms with van der Waals surface area (Å²) in [4.78, 5) is 8.81. The van der Waals surface area contributed by atoms with E-state index >= 15 is 0 Å². The van der Waals surface area contributed by atoms with E-state index < -0.39 is 0 Å². The molecule has 0 amide bonds. The van der Waals surface area contributed by atoms with Crippen LogP contribution in [0.15, 0.2) is 5.16 Å². The second-order valence-corrected chi connectivity index (χ2v) is 4.94. The van der Waals surface area contributed by atoms with Gasteiger partial charge in [0.2, 0.25) is 0 Å². The van der Waals surface area contributed by atoms with Crippen LogP contribution in [0.2, 0.25) is 0 Å². The summed E-state index contributed by atoms with van der Waals surface area (Å²) in [5, 5.41) is 9.59. The standard InChI is InChI=1S/C11H19N3OS/c1-7-8(2)13-11(14-9(7)3)16-5-4-10(12)6-15/h10,15H,4-6,12H2,1-3H3. The number of nitrogens with zero attached hydrogens (tertiary/aromatic N) is 2. The molecule has 0 aliphatic heterocycles. The van der Waals surface area contributed by atoms with E-state index in [0.29, 0.717) is 0 Å². The van der Waals surface area contributed by atoms with Gasteiger partial charge in [0.1, 0.15) is 0 Å². The van der Waals surface area contributed by atoms with Gasteiger partial charge in [-0.15, -0.1) is 0 Å². The van der Waals surface area contributed by atoms with Gasteiger partial charge in [0.15, 0.2) is 5.16 Å². The molecule has 0 aliphatic carbocycles. The molecule has 3 N–H and O–H groups in total. The van der Waals surface area contributed by atoms with Gasteiger partial charge in [-0.3, -0.25) is 0 Å². The van der Waals surface area contributed by atoms with E-state index in [2.05, 4.69) is 9.97 Å². The highest BCUT2D eigenvalue weighted by molar-refractivity contribution is 7.99. The maximum atomic E-state index is 8.79. The van der Waals surface area contributed by atoms with Crippen molar-refractivity contribution in [3.8, 4) is 0 Å². The minimum Gasteiger partial charge on any atom is -0.395 e. The van der Waals surface area contributed by atoms with Crippen molar-refractivity contribution in [1.82, 2.24) is 9.97 Å². The third kappa shape index (κ3) is 3.73. The minimum atomic E-state index is -0.139. The molecular formula is C11H19N3OS. The SMILES string of the molecule is Cc1nc(SCCC(N)CO)nc(C)c1C. The number of thioether (sulfide) groups is 1. The largest absolute Gasteiger partial charge is 0.395 e. The third-order valence-electron chi connectivity index (χ3n) is 2.57. The van der Waals surface area contributed by atoms with Crippen molar-refractivity contribution in [2.24, 2.45) is 5.73 Å². The van der Waals surface area contributed by atoms with Crippen LogP contribution in [0.1, 0.15) is 23.4 Å². The number of aliphatic hydroxyl groups excluding tert-OH is 1. The molecule has 90 valence electrons. The number of aliphatic hydroxyl groups is 1. The average molecular weight is 241 g/mol. The van der Waals surface area contributed by atoms with Crippen molar-refractivity contribution in [2.75, 3.05) is 12.4 Å². The Kier molecular flexibility index (Phi) is 5.18. The Labute approximate surface area is 101 Å². The number of hydrogen-bond acceptors (Lipinski definition) is 5. The number of rotatable bonds is 5. The fourth-order valence-electron chi connectivity index (χ4n) is 1.20. The van der Waals surface area contributed by atoms with Crippen LogP contribution in [0, 0.1) is 20.8 Å². The van der Waals surface area contributed by atoms with Crippen LogP contribution in [0.5, 0.6) is 0 Å². The van der Waals surface area contributed by atoms with Gasteiger partial charge in [0, 0.05) is 23.2 Å². The summed E-state index contributed by atoms with van der Waals surface area (Å²) in [7, 11) is 0. The Hall–Kier alpha value is -0.650. The number of nitrogens with two attached hydrogens (primary N) is 1. The van der Waals surface area contributed by atoms with E-state index in [1.807, 2.05) is 20.8 Å². The lowest BCUT2D eigenvalue weighted by atomic mass is 10.2. The highest BCUT2D eigenvalue weighted by atomic mass is 32.2. The van der Waals surface area contributed by atoms with Crippen LogP contribution in [0.4, 0.5) is 0 Å². The summed E-state index contributed by atoms with van der Waals surface area (Å²) < 4.78 is 0. The van der Waals surface area contributed by atoms with Gasteiger partial charge in [-0.25, -0.2) is 9.97 Å². The Morgan fingerprint density at radius 2 is 1.81 bits per heavy atom. The topological polar surface area (TPSA) is 72.0 Å². The molecule has 1 atom stereocenters. The van der Waals surface area contributed by atoms with Gasteiger partial charge in [-0.1, -0.05) is 11.8 Å². The first-order valence-corrected chi connectivity index (χ1v) is 6.34. The summed E-state index contributed by atoms with van der Waals surface area (Å²) in [6.07, 6.45) is 0.774. The maximum absolute atomic E-state index is 8.79. The zero-order chi connectivity index (χ0) is 12.1. The van der Waals surface area contributed by atoms with Gasteiger partial charge in [-0.2, -0.15) is 0 Å². The van der Waals surface area contributed by atoms with E-state index in [-0.39, 0.29) is 12.6 Å². The molecule has 0 fully saturated rings. The number of aromatic nitrogens is 2. The van der Waals surface area contributed by atoms with Crippen LogP contribution in [-0.4, -0.2) is 33.5 Å². The number of aryl methyl sites for hydroxylation is 2. The number of hydrogen-bond donors (Lipinski definition) is 2. The summed E-state index contributed by atoms with van der Waals surface area (Å²) in [5.74, 6) is 0.837. The van der Waals surface area contributed by atoms with Crippen molar-refractivity contribution >= 4 is 11.8 Å². The van der Waals surface area contributed by atoms with E-state index in [4.69, 9.17) is 10.8 Å². The second kappa shape index (κ2) is 6.18. The highest BCUT2D eigenvalue weighted by Gasteiger charge is 2.06. The zero-order valence-corrected chi connectivity index (χ0v) is 10.8. The smallest absolute Gasteiger partial charge is 0.187 e. The Morgan fingerprint density at radius 1 is 1.25 bits per heavy atom. The molecule has 0 spiro atoms. The first kappa shape index (κ1) is 13.4. The van der Waals surface area contributed by atoms with Crippen molar-refractivity contribution in [2.45, 2.75) is 38.4 Å². The van der Waals surface area contributed by atoms with Gasteiger partial charge >= 0.3 is 0 Å². The Morgan fingerprint density at radius 3 is 2.31 bits per heavy atom. The fraction of sp³-hybridized carbons (Fsp3) is 0.636. The van der Waals surface area contributed by atoms with Crippen molar-refractivity contribution in [3.63, 3.8) is 0 Å². The van der Waals surface area contributed by atoms with Gasteiger partial charge in [0.05, 0.1) is 6.61 Å². The fourth-order valence-corrected chi connectivity index (χ4v) is 2.20. The van der Waals surface area contributed by atoms with Crippen LogP contribution >= 0.6 is 11.8 Å². The molecule has 16 heavy (non-hydrogen) atoms. The Balaban J connectivity index is 2.55. The molecule has 0 aliphatic rings. The molecule has 1 aromatic heterocycles. The van der Waals surface area contributed by atoms with E-state index in [1.165, 1.54) is 0 Å². The van der Waals surface area contributed by atoms with Gasteiger partial charge < -0.3 is 10.8 Å². The molecule has 1 unspecified atom stereocenters. The molecule has 0 saturated heterocycles.